The Morgan fingerprint density at radius 3 is 2.19 bits per heavy atom. The summed E-state index contributed by atoms with van der Waals surface area (Å²) < 4.78 is 0. The molecule has 3 nitrogen and oxygen atoms in total. The number of amides is 1. The van der Waals surface area contributed by atoms with Crippen molar-refractivity contribution in [2.24, 2.45) is 23.7 Å². The molecule has 0 saturated carbocycles. The Bertz CT molecular complexity index is 466. The van der Waals surface area contributed by atoms with Gasteiger partial charge >= 0.3 is 0 Å². The van der Waals surface area contributed by atoms with Gasteiger partial charge in [0.25, 0.3) is 0 Å². The molecular weight excluding hydrogens is 260 g/mol. The van der Waals surface area contributed by atoms with Gasteiger partial charge in [-0.2, -0.15) is 5.26 Å². The largest absolute Gasteiger partial charge is 0.355 e. The number of nitriles is 1. The standard InChI is InChI=1S/C18H26N2O/c1-13(2)17(14(3)4)12-20-18(21)16(11-19)10-15-8-6-5-7-9-15/h5-9,13-14,16-17H,10,12H2,1-4H3,(H,20,21). The second-order valence-electron chi connectivity index (χ2n) is 6.27. The van der Waals surface area contributed by atoms with Crippen molar-refractivity contribution in [3.8, 4) is 6.07 Å². The van der Waals surface area contributed by atoms with Crippen molar-refractivity contribution < 1.29 is 4.79 Å². The van der Waals surface area contributed by atoms with Crippen LogP contribution < -0.4 is 5.32 Å². The van der Waals surface area contributed by atoms with E-state index in [-0.39, 0.29) is 5.91 Å². The molecule has 0 aliphatic heterocycles. The fraction of sp³-hybridized carbons (Fsp3) is 0.556. The molecule has 0 saturated heterocycles. The van der Waals surface area contributed by atoms with Crippen LogP contribution in [0.4, 0.5) is 0 Å². The average Bonchev–Trinajstić information content (AvgIpc) is 2.45. The van der Waals surface area contributed by atoms with Gasteiger partial charge in [-0.25, -0.2) is 0 Å². The second-order valence-corrected chi connectivity index (χ2v) is 6.27. The molecule has 1 amide bonds. The van der Waals surface area contributed by atoms with Crippen LogP contribution in [-0.4, -0.2) is 12.5 Å². The molecule has 0 heterocycles. The molecule has 0 aromatic heterocycles. The van der Waals surface area contributed by atoms with Gasteiger partial charge in [-0.15, -0.1) is 0 Å². The molecule has 0 spiro atoms. The zero-order chi connectivity index (χ0) is 15.8. The van der Waals surface area contributed by atoms with Crippen molar-refractivity contribution in [2.45, 2.75) is 34.1 Å². The minimum absolute atomic E-state index is 0.160. The summed E-state index contributed by atoms with van der Waals surface area (Å²) in [4.78, 5) is 12.2. The van der Waals surface area contributed by atoms with Crippen molar-refractivity contribution in [1.82, 2.24) is 5.32 Å². The van der Waals surface area contributed by atoms with Gasteiger partial charge in [-0.1, -0.05) is 58.0 Å². The highest BCUT2D eigenvalue weighted by Crippen LogP contribution is 2.19. The van der Waals surface area contributed by atoms with E-state index in [0.717, 1.165) is 5.56 Å². The number of rotatable bonds is 7. The number of nitrogens with one attached hydrogen (secondary N) is 1. The Kier molecular flexibility index (Phi) is 6.94. The fourth-order valence-corrected chi connectivity index (χ4v) is 2.63. The highest BCUT2D eigenvalue weighted by Gasteiger charge is 2.22. The van der Waals surface area contributed by atoms with Crippen molar-refractivity contribution in [2.75, 3.05) is 6.54 Å². The summed E-state index contributed by atoms with van der Waals surface area (Å²) in [5.74, 6) is 0.685. The van der Waals surface area contributed by atoms with E-state index in [1.807, 2.05) is 30.3 Å². The van der Waals surface area contributed by atoms with Crippen molar-refractivity contribution >= 4 is 5.91 Å². The first kappa shape index (κ1) is 17.2. The zero-order valence-electron chi connectivity index (χ0n) is 13.5. The third-order valence-corrected chi connectivity index (χ3v) is 3.98. The van der Waals surface area contributed by atoms with Crippen LogP contribution in [0.1, 0.15) is 33.3 Å². The van der Waals surface area contributed by atoms with Crippen molar-refractivity contribution in [3.05, 3.63) is 35.9 Å². The maximum absolute atomic E-state index is 12.2. The quantitative estimate of drug-likeness (QED) is 0.835. The van der Waals surface area contributed by atoms with E-state index in [9.17, 15) is 10.1 Å². The molecule has 1 aromatic rings. The highest BCUT2D eigenvalue weighted by molar-refractivity contribution is 5.81. The Morgan fingerprint density at radius 2 is 1.71 bits per heavy atom. The van der Waals surface area contributed by atoms with E-state index in [1.165, 1.54) is 0 Å². The summed E-state index contributed by atoms with van der Waals surface area (Å²) in [6.07, 6.45) is 0.469. The highest BCUT2D eigenvalue weighted by atomic mass is 16.1. The van der Waals surface area contributed by atoms with Crippen molar-refractivity contribution in [3.63, 3.8) is 0 Å². The fourth-order valence-electron chi connectivity index (χ4n) is 2.63. The molecule has 21 heavy (non-hydrogen) atoms. The van der Waals surface area contributed by atoms with Crippen LogP contribution in [0.5, 0.6) is 0 Å². The second kappa shape index (κ2) is 8.46. The first-order valence-electron chi connectivity index (χ1n) is 7.67. The average molecular weight is 286 g/mol. The zero-order valence-corrected chi connectivity index (χ0v) is 13.5. The van der Waals surface area contributed by atoms with Crippen LogP contribution in [-0.2, 0) is 11.2 Å². The van der Waals surface area contributed by atoms with Crippen LogP contribution >= 0.6 is 0 Å². The summed E-state index contributed by atoms with van der Waals surface area (Å²) in [6, 6.07) is 11.8. The van der Waals surface area contributed by atoms with Crippen LogP contribution in [0.3, 0.4) is 0 Å². The van der Waals surface area contributed by atoms with Crippen LogP contribution in [0, 0.1) is 35.0 Å². The topological polar surface area (TPSA) is 52.9 Å². The first-order valence-corrected chi connectivity index (χ1v) is 7.67. The first-order chi connectivity index (χ1) is 9.95. The number of hydrogen-bond acceptors (Lipinski definition) is 2. The Morgan fingerprint density at radius 1 is 1.14 bits per heavy atom. The maximum atomic E-state index is 12.2. The van der Waals surface area contributed by atoms with Gasteiger partial charge in [0.05, 0.1) is 6.07 Å². The lowest BCUT2D eigenvalue weighted by molar-refractivity contribution is -0.123. The Balaban J connectivity index is 2.58. The molecule has 0 radical (unpaired) electrons. The van der Waals surface area contributed by atoms with Gasteiger partial charge in [0.2, 0.25) is 5.91 Å². The van der Waals surface area contributed by atoms with Crippen LogP contribution in [0.2, 0.25) is 0 Å². The molecular formula is C18H26N2O. The minimum Gasteiger partial charge on any atom is -0.355 e. The molecule has 0 bridgehead atoms. The molecule has 1 unspecified atom stereocenters. The maximum Gasteiger partial charge on any atom is 0.237 e. The van der Waals surface area contributed by atoms with E-state index < -0.39 is 5.92 Å². The molecule has 1 N–H and O–H groups in total. The third-order valence-electron chi connectivity index (χ3n) is 3.98. The lowest BCUT2D eigenvalue weighted by atomic mass is 9.85. The number of carbonyl (C=O) groups excluding carboxylic acids is 1. The lowest BCUT2D eigenvalue weighted by Crippen LogP contribution is -2.37. The predicted octanol–water partition coefficient (Wildman–Crippen LogP) is 3.41. The Labute approximate surface area is 128 Å². The van der Waals surface area contributed by atoms with Crippen LogP contribution in [0.25, 0.3) is 0 Å². The van der Waals surface area contributed by atoms with E-state index in [0.29, 0.717) is 30.7 Å². The molecule has 1 aromatic carbocycles. The SMILES string of the molecule is CC(C)C(CNC(=O)C(C#N)Cc1ccccc1)C(C)C. The van der Waals surface area contributed by atoms with E-state index in [1.54, 1.807) is 0 Å². The summed E-state index contributed by atoms with van der Waals surface area (Å²) in [5, 5.41) is 12.2. The smallest absolute Gasteiger partial charge is 0.237 e. The van der Waals surface area contributed by atoms with Gasteiger partial charge in [-0.05, 0) is 29.7 Å². The predicted molar refractivity (Wildman–Crippen MR) is 85.4 cm³/mol. The summed E-state index contributed by atoms with van der Waals surface area (Å²) in [5.41, 5.74) is 1.02. The summed E-state index contributed by atoms with van der Waals surface area (Å²) in [6.45, 7) is 9.32. The molecule has 0 fully saturated rings. The van der Waals surface area contributed by atoms with Crippen LogP contribution in [0.15, 0.2) is 30.3 Å². The van der Waals surface area contributed by atoms with Gasteiger partial charge in [0, 0.05) is 6.54 Å². The Hall–Kier alpha value is -1.82. The summed E-state index contributed by atoms with van der Waals surface area (Å²) in [7, 11) is 0. The number of carbonyl (C=O) groups is 1. The number of hydrogen-bond donors (Lipinski definition) is 1. The molecule has 0 aliphatic rings. The van der Waals surface area contributed by atoms with Gasteiger partial charge in [0.1, 0.15) is 5.92 Å². The van der Waals surface area contributed by atoms with E-state index in [4.69, 9.17) is 0 Å². The van der Waals surface area contributed by atoms with Gasteiger partial charge in [0.15, 0.2) is 0 Å². The molecule has 1 atom stereocenters. The minimum atomic E-state index is -0.618. The monoisotopic (exact) mass is 286 g/mol. The third kappa shape index (κ3) is 5.59. The normalized spacial score (nSPS) is 12.5. The van der Waals surface area contributed by atoms with E-state index >= 15 is 0 Å². The number of benzene rings is 1. The summed E-state index contributed by atoms with van der Waals surface area (Å²) >= 11 is 0. The molecule has 0 aliphatic carbocycles. The van der Waals surface area contributed by atoms with Gasteiger partial charge < -0.3 is 5.32 Å². The molecule has 3 heteroatoms. The lowest BCUT2D eigenvalue weighted by Gasteiger charge is -2.25. The number of nitrogens with zero attached hydrogens (tertiary/aromatic N) is 1. The molecule has 114 valence electrons. The molecule has 1 rings (SSSR count). The van der Waals surface area contributed by atoms with Gasteiger partial charge in [-0.3, -0.25) is 4.79 Å². The van der Waals surface area contributed by atoms with E-state index in [2.05, 4.69) is 39.1 Å². The van der Waals surface area contributed by atoms with Crippen molar-refractivity contribution in [1.29, 1.82) is 5.26 Å².